The van der Waals surface area contributed by atoms with E-state index >= 15 is 0 Å². The maximum absolute atomic E-state index is 2.19. The van der Waals surface area contributed by atoms with Crippen LogP contribution in [0.4, 0.5) is 0 Å². The molecule has 0 aliphatic carbocycles. The first-order valence-electron chi connectivity index (χ1n) is 4.46. The van der Waals surface area contributed by atoms with Gasteiger partial charge in [0.25, 0.3) is 4.21 Å². The SMILES string of the molecule is CSc1s[s+]c(SC)c1-c1ccccc1.[I-]. The molecule has 0 bridgehead atoms. The molecular formula is C11H11IS4. The highest BCUT2D eigenvalue weighted by molar-refractivity contribution is 8.05. The molecular weight excluding hydrogens is 387 g/mol. The third kappa shape index (κ3) is 3.13. The molecule has 1 heterocycles. The quantitative estimate of drug-likeness (QED) is 0.337. The first-order chi connectivity index (χ1) is 7.36. The average Bonchev–Trinajstić information content (AvgIpc) is 2.72. The van der Waals surface area contributed by atoms with E-state index < -0.39 is 0 Å². The van der Waals surface area contributed by atoms with E-state index in [0.29, 0.717) is 0 Å². The lowest BCUT2D eigenvalue weighted by molar-refractivity contribution is -0.00000284. The molecule has 1 aromatic carbocycles. The smallest absolute Gasteiger partial charge is 0.309 e. The maximum atomic E-state index is 2.19. The summed E-state index contributed by atoms with van der Waals surface area (Å²) in [7, 11) is 3.76. The first-order valence-corrected chi connectivity index (χ1v) is 9.06. The van der Waals surface area contributed by atoms with Gasteiger partial charge in [-0.3, -0.25) is 0 Å². The molecule has 0 amide bonds. The van der Waals surface area contributed by atoms with Gasteiger partial charge in [0.15, 0.2) is 10.3 Å². The summed E-state index contributed by atoms with van der Waals surface area (Å²) in [6.07, 6.45) is 4.30. The maximum Gasteiger partial charge on any atom is 0.309 e. The second-order valence-electron chi connectivity index (χ2n) is 2.89. The van der Waals surface area contributed by atoms with Gasteiger partial charge in [0.05, 0.1) is 5.56 Å². The Balaban J connectivity index is 0.00000128. The van der Waals surface area contributed by atoms with Crippen LogP contribution in [-0.4, -0.2) is 12.5 Å². The van der Waals surface area contributed by atoms with E-state index in [2.05, 4.69) is 42.8 Å². The Kier molecular flexibility index (Phi) is 6.65. The molecule has 0 spiro atoms. The lowest BCUT2D eigenvalue weighted by Gasteiger charge is -1.98. The van der Waals surface area contributed by atoms with Gasteiger partial charge in [-0.2, -0.15) is 0 Å². The van der Waals surface area contributed by atoms with Crippen molar-refractivity contribution in [2.75, 3.05) is 12.5 Å². The van der Waals surface area contributed by atoms with Crippen LogP contribution in [0.25, 0.3) is 11.1 Å². The van der Waals surface area contributed by atoms with E-state index in [1.807, 2.05) is 44.2 Å². The largest absolute Gasteiger partial charge is 1.00 e. The Labute approximate surface area is 129 Å². The van der Waals surface area contributed by atoms with Crippen molar-refractivity contribution < 1.29 is 24.0 Å². The summed E-state index contributed by atoms with van der Waals surface area (Å²) >= 11 is 3.68. The highest BCUT2D eigenvalue weighted by Gasteiger charge is 2.23. The van der Waals surface area contributed by atoms with Crippen molar-refractivity contribution in [3.05, 3.63) is 30.3 Å². The Bertz CT molecular complexity index is 417. The van der Waals surface area contributed by atoms with Crippen molar-refractivity contribution in [1.29, 1.82) is 0 Å². The molecule has 0 atom stereocenters. The summed E-state index contributed by atoms with van der Waals surface area (Å²) in [6, 6.07) is 10.6. The number of halogens is 1. The predicted molar refractivity (Wildman–Crippen MR) is 75.6 cm³/mol. The van der Waals surface area contributed by atoms with Crippen molar-refractivity contribution in [1.82, 2.24) is 0 Å². The van der Waals surface area contributed by atoms with Crippen molar-refractivity contribution in [2.24, 2.45) is 0 Å². The minimum atomic E-state index is 0. The zero-order valence-electron chi connectivity index (χ0n) is 8.90. The van der Waals surface area contributed by atoms with E-state index in [-0.39, 0.29) is 24.0 Å². The van der Waals surface area contributed by atoms with Crippen LogP contribution in [-0.2, 0) is 0 Å². The minimum absolute atomic E-state index is 0. The molecule has 86 valence electrons. The number of rotatable bonds is 3. The van der Waals surface area contributed by atoms with E-state index in [1.54, 1.807) is 0 Å². The van der Waals surface area contributed by atoms with Gasteiger partial charge in [-0.05, 0) is 18.1 Å². The minimum Gasteiger partial charge on any atom is -1.00 e. The zero-order chi connectivity index (χ0) is 10.7. The molecule has 0 saturated heterocycles. The standard InChI is InChI=1S/C11H11S4.HI/c1-12-10-9(11(13-2)15-14-10)8-6-4-3-5-7-8;/h3-7H,1-2H3;1H/q+1;/p-1. The predicted octanol–water partition coefficient (Wildman–Crippen LogP) is 2.21. The van der Waals surface area contributed by atoms with Crippen molar-refractivity contribution in [3.63, 3.8) is 0 Å². The van der Waals surface area contributed by atoms with Gasteiger partial charge >= 0.3 is 10.3 Å². The van der Waals surface area contributed by atoms with Gasteiger partial charge in [0, 0.05) is 0 Å². The van der Waals surface area contributed by atoms with Gasteiger partial charge in [-0.25, -0.2) is 0 Å². The summed E-state index contributed by atoms with van der Waals surface area (Å²) in [5, 5.41) is 0. The Hall–Kier alpha value is 0.700. The molecule has 0 aliphatic rings. The van der Waals surface area contributed by atoms with E-state index in [0.717, 1.165) is 0 Å². The van der Waals surface area contributed by atoms with Gasteiger partial charge in [-0.15, -0.1) is 11.8 Å². The lowest BCUT2D eigenvalue weighted by Crippen LogP contribution is -3.00. The van der Waals surface area contributed by atoms with Gasteiger partial charge in [0.2, 0.25) is 0 Å². The summed E-state index contributed by atoms with van der Waals surface area (Å²) in [5.74, 6) is 0. The molecule has 2 rings (SSSR count). The zero-order valence-corrected chi connectivity index (χ0v) is 14.3. The summed E-state index contributed by atoms with van der Waals surface area (Å²) < 4.78 is 2.85. The summed E-state index contributed by atoms with van der Waals surface area (Å²) in [6.45, 7) is 0. The lowest BCUT2D eigenvalue weighted by atomic mass is 10.1. The molecule has 0 N–H and O–H groups in total. The topological polar surface area (TPSA) is 0 Å². The third-order valence-electron chi connectivity index (χ3n) is 2.03. The van der Waals surface area contributed by atoms with Crippen LogP contribution in [0.1, 0.15) is 0 Å². The molecule has 5 heteroatoms. The molecule has 16 heavy (non-hydrogen) atoms. The van der Waals surface area contributed by atoms with Crippen LogP contribution in [0.5, 0.6) is 0 Å². The second kappa shape index (κ2) is 7.20. The fourth-order valence-corrected chi connectivity index (χ4v) is 6.55. The molecule has 0 unspecified atom stereocenters. The van der Waals surface area contributed by atoms with Crippen LogP contribution < -0.4 is 24.0 Å². The Morgan fingerprint density at radius 3 is 2.31 bits per heavy atom. The van der Waals surface area contributed by atoms with Crippen molar-refractivity contribution in [2.45, 2.75) is 8.42 Å². The normalized spacial score (nSPS) is 9.88. The summed E-state index contributed by atoms with van der Waals surface area (Å²) in [4.78, 5) is 0. The monoisotopic (exact) mass is 398 g/mol. The molecule has 2 aromatic rings. The first kappa shape index (κ1) is 14.8. The molecule has 0 saturated carbocycles. The van der Waals surface area contributed by atoms with Crippen molar-refractivity contribution in [3.8, 4) is 11.1 Å². The number of benzene rings is 1. The van der Waals surface area contributed by atoms with Gasteiger partial charge < -0.3 is 24.0 Å². The molecule has 0 aliphatic heterocycles. The van der Waals surface area contributed by atoms with Gasteiger partial charge in [-0.1, -0.05) is 42.1 Å². The van der Waals surface area contributed by atoms with Crippen LogP contribution in [0.2, 0.25) is 0 Å². The fourth-order valence-electron chi connectivity index (χ4n) is 1.36. The van der Waals surface area contributed by atoms with Crippen LogP contribution in [0, 0.1) is 0 Å². The summed E-state index contributed by atoms with van der Waals surface area (Å²) in [5.41, 5.74) is 2.76. The second-order valence-corrected chi connectivity index (χ2v) is 7.19. The molecule has 0 fully saturated rings. The average molecular weight is 398 g/mol. The van der Waals surface area contributed by atoms with E-state index in [9.17, 15) is 0 Å². The number of hydrogen-bond acceptors (Lipinski definition) is 3. The van der Waals surface area contributed by atoms with Crippen LogP contribution in [0.15, 0.2) is 38.8 Å². The number of thioether (sulfide) groups is 2. The Morgan fingerprint density at radius 1 is 1.06 bits per heavy atom. The van der Waals surface area contributed by atoms with E-state index in [4.69, 9.17) is 0 Å². The van der Waals surface area contributed by atoms with Crippen LogP contribution in [0.3, 0.4) is 0 Å². The Morgan fingerprint density at radius 2 is 1.75 bits per heavy atom. The molecule has 0 radical (unpaired) electrons. The van der Waals surface area contributed by atoms with E-state index in [1.165, 1.54) is 19.5 Å². The number of hydrogen-bond donors (Lipinski definition) is 0. The highest BCUT2D eigenvalue weighted by atomic mass is 127. The van der Waals surface area contributed by atoms with Crippen molar-refractivity contribution >= 4 is 44.2 Å². The third-order valence-corrected chi connectivity index (χ3v) is 7.36. The van der Waals surface area contributed by atoms with Gasteiger partial charge in [0.1, 0.15) is 4.21 Å². The molecule has 1 aromatic heterocycles. The molecule has 0 nitrogen and oxygen atoms in total. The fraction of sp³-hybridized carbons (Fsp3) is 0.182. The van der Waals surface area contributed by atoms with Crippen LogP contribution >= 0.6 is 44.2 Å². The highest BCUT2D eigenvalue weighted by Crippen LogP contribution is 2.45.